The number of carbonyl (C=O) groups is 3. The number of hydrogen-bond donors (Lipinski definition) is 0. The number of piperazine rings is 1. The molecule has 2 amide bonds. The number of morpholine rings is 1. The van der Waals surface area contributed by atoms with E-state index >= 15 is 0 Å². The van der Waals surface area contributed by atoms with Crippen molar-refractivity contribution in [3.8, 4) is 0 Å². The number of nitrogens with zero attached hydrogens (tertiary/aromatic N) is 4. The number of rotatable bonds is 4. The molecule has 0 aromatic heterocycles. The summed E-state index contributed by atoms with van der Waals surface area (Å²) >= 11 is 0. The lowest BCUT2D eigenvalue weighted by atomic mass is 10.0. The molecule has 0 radical (unpaired) electrons. The second-order valence-corrected chi connectivity index (χ2v) is 7.86. The molecule has 0 saturated carbocycles. The lowest BCUT2D eigenvalue weighted by Gasteiger charge is -2.35. The molecule has 0 bridgehead atoms. The number of Topliss-reactive ketones (excluding diaryl/α,β-unsaturated/α-hetero) is 1. The molecule has 0 aliphatic carbocycles. The molecule has 3 aliphatic rings. The number of benzene rings is 1. The monoisotopic (exact) mass is 416 g/mol. The summed E-state index contributed by atoms with van der Waals surface area (Å²) in [5.74, 6) is -1.25. The first kappa shape index (κ1) is 20.6. The Bertz CT molecular complexity index is 816. The van der Waals surface area contributed by atoms with E-state index in [1.54, 1.807) is 4.90 Å². The van der Waals surface area contributed by atoms with Crippen molar-refractivity contribution in [2.75, 3.05) is 63.9 Å². The van der Waals surface area contributed by atoms with Gasteiger partial charge in [-0.1, -0.05) is 12.1 Å². The van der Waals surface area contributed by atoms with Crippen LogP contribution >= 0.6 is 0 Å². The predicted molar refractivity (Wildman–Crippen MR) is 109 cm³/mol. The molecule has 3 fully saturated rings. The van der Waals surface area contributed by atoms with E-state index in [4.69, 9.17) is 9.57 Å². The van der Waals surface area contributed by atoms with Gasteiger partial charge < -0.3 is 19.4 Å². The molecule has 30 heavy (non-hydrogen) atoms. The number of ketones is 1. The van der Waals surface area contributed by atoms with Crippen molar-refractivity contribution in [3.05, 3.63) is 29.3 Å². The van der Waals surface area contributed by atoms with E-state index in [1.807, 2.05) is 0 Å². The summed E-state index contributed by atoms with van der Waals surface area (Å²) in [5.41, 5.74) is 3.84. The zero-order valence-electron chi connectivity index (χ0n) is 17.3. The molecule has 4 rings (SSSR count). The molecule has 9 heteroatoms. The molecule has 0 atom stereocenters. The molecule has 1 aromatic carbocycles. The van der Waals surface area contributed by atoms with Crippen molar-refractivity contribution in [1.29, 1.82) is 0 Å². The van der Waals surface area contributed by atoms with Gasteiger partial charge in [-0.2, -0.15) is 5.06 Å². The van der Waals surface area contributed by atoms with Gasteiger partial charge in [-0.3, -0.25) is 14.5 Å². The Kier molecular flexibility index (Phi) is 6.19. The van der Waals surface area contributed by atoms with Crippen LogP contribution < -0.4 is 4.90 Å². The standard InChI is InChI=1S/C21H28N4O5/c1-16-17(3-2-4-18(16)23-11-13-29-14-12-23)15-22-7-9-24(10-8-22)21(28)30-25-6-5-19(26)20(25)27/h2-4H,5-15H2,1H3. The van der Waals surface area contributed by atoms with Crippen LogP contribution in [-0.2, 0) is 25.7 Å². The normalized spacial score (nSPS) is 20.8. The van der Waals surface area contributed by atoms with Crippen LogP contribution in [0, 0.1) is 6.92 Å². The van der Waals surface area contributed by atoms with Gasteiger partial charge in [0.2, 0.25) is 5.78 Å². The van der Waals surface area contributed by atoms with Crippen molar-refractivity contribution in [3.63, 3.8) is 0 Å². The SMILES string of the molecule is Cc1c(CN2CCN(C(=O)ON3CCC(=O)C3=O)CC2)cccc1N1CCOCC1. The van der Waals surface area contributed by atoms with Crippen molar-refractivity contribution in [1.82, 2.24) is 14.9 Å². The minimum absolute atomic E-state index is 0.1000. The van der Waals surface area contributed by atoms with E-state index in [0.29, 0.717) is 13.1 Å². The third-order valence-electron chi connectivity index (χ3n) is 5.99. The van der Waals surface area contributed by atoms with Crippen LogP contribution in [0.2, 0.25) is 0 Å². The molecule has 0 unspecified atom stereocenters. The van der Waals surface area contributed by atoms with Crippen molar-refractivity contribution in [2.45, 2.75) is 19.9 Å². The van der Waals surface area contributed by atoms with Crippen molar-refractivity contribution in [2.24, 2.45) is 0 Å². The summed E-state index contributed by atoms with van der Waals surface area (Å²) in [7, 11) is 0. The highest BCUT2D eigenvalue weighted by Gasteiger charge is 2.34. The fraction of sp³-hybridized carbons (Fsp3) is 0.571. The molecule has 0 N–H and O–H groups in total. The summed E-state index contributed by atoms with van der Waals surface area (Å²) in [6.45, 7) is 8.99. The maximum Gasteiger partial charge on any atom is 0.434 e. The van der Waals surface area contributed by atoms with Crippen LogP contribution in [0.5, 0.6) is 0 Å². The first-order valence-electron chi connectivity index (χ1n) is 10.5. The summed E-state index contributed by atoms with van der Waals surface area (Å²) in [4.78, 5) is 46.6. The predicted octanol–water partition coefficient (Wildman–Crippen LogP) is 0.802. The fourth-order valence-corrected chi connectivity index (χ4v) is 4.11. The number of anilines is 1. The summed E-state index contributed by atoms with van der Waals surface area (Å²) in [6, 6.07) is 6.44. The Morgan fingerprint density at radius 1 is 1.03 bits per heavy atom. The third kappa shape index (κ3) is 4.41. The maximum absolute atomic E-state index is 12.3. The Balaban J connectivity index is 1.30. The average Bonchev–Trinajstić information content (AvgIpc) is 3.08. The zero-order chi connectivity index (χ0) is 21.1. The first-order valence-corrected chi connectivity index (χ1v) is 10.5. The highest BCUT2D eigenvalue weighted by Crippen LogP contribution is 2.25. The van der Waals surface area contributed by atoms with Gasteiger partial charge in [0.25, 0.3) is 0 Å². The van der Waals surface area contributed by atoms with Crippen LogP contribution in [0.4, 0.5) is 10.5 Å². The zero-order valence-corrected chi connectivity index (χ0v) is 17.3. The number of amides is 2. The molecule has 3 saturated heterocycles. The van der Waals surface area contributed by atoms with Crippen LogP contribution in [0.25, 0.3) is 0 Å². The summed E-state index contributed by atoms with van der Waals surface area (Å²) in [5, 5.41) is 0.873. The molecule has 0 spiro atoms. The summed E-state index contributed by atoms with van der Waals surface area (Å²) in [6.07, 6.45) is -0.467. The number of hydrogen-bond acceptors (Lipinski definition) is 7. The molecule has 9 nitrogen and oxygen atoms in total. The van der Waals surface area contributed by atoms with Gasteiger partial charge in [-0.25, -0.2) is 4.79 Å². The Labute approximate surface area is 176 Å². The van der Waals surface area contributed by atoms with Gasteiger partial charge in [0.15, 0.2) is 0 Å². The van der Waals surface area contributed by atoms with E-state index in [-0.39, 0.29) is 13.0 Å². The average molecular weight is 416 g/mol. The van der Waals surface area contributed by atoms with Gasteiger partial charge in [0.1, 0.15) is 0 Å². The quantitative estimate of drug-likeness (QED) is 0.672. The summed E-state index contributed by atoms with van der Waals surface area (Å²) < 4.78 is 5.46. The highest BCUT2D eigenvalue weighted by molar-refractivity contribution is 6.37. The molecular formula is C21H28N4O5. The fourth-order valence-electron chi connectivity index (χ4n) is 4.11. The largest absolute Gasteiger partial charge is 0.434 e. The second kappa shape index (κ2) is 9.01. The lowest BCUT2D eigenvalue weighted by molar-refractivity contribution is -0.164. The smallest absolute Gasteiger partial charge is 0.378 e. The van der Waals surface area contributed by atoms with Crippen molar-refractivity contribution >= 4 is 23.5 Å². The Morgan fingerprint density at radius 3 is 2.43 bits per heavy atom. The molecule has 3 heterocycles. The van der Waals surface area contributed by atoms with Crippen LogP contribution in [0.15, 0.2) is 18.2 Å². The maximum atomic E-state index is 12.3. The molecule has 162 valence electrons. The minimum Gasteiger partial charge on any atom is -0.378 e. The van der Waals surface area contributed by atoms with Crippen molar-refractivity contribution < 1.29 is 24.0 Å². The number of ether oxygens (including phenoxy) is 1. The van der Waals surface area contributed by atoms with Crippen LogP contribution in [0.1, 0.15) is 17.5 Å². The third-order valence-corrected chi connectivity index (χ3v) is 5.99. The number of carbonyl (C=O) groups excluding carboxylic acids is 3. The van der Waals surface area contributed by atoms with Gasteiger partial charge >= 0.3 is 12.0 Å². The van der Waals surface area contributed by atoms with Gasteiger partial charge in [0.05, 0.1) is 19.8 Å². The van der Waals surface area contributed by atoms with E-state index in [0.717, 1.165) is 51.0 Å². The van der Waals surface area contributed by atoms with E-state index in [9.17, 15) is 14.4 Å². The number of hydroxylamine groups is 2. The van der Waals surface area contributed by atoms with E-state index in [2.05, 4.69) is 34.9 Å². The van der Waals surface area contributed by atoms with E-state index < -0.39 is 17.8 Å². The van der Waals surface area contributed by atoms with Gasteiger partial charge in [-0.15, -0.1) is 0 Å². The Hall–Kier alpha value is -2.65. The molecule has 1 aromatic rings. The molecular weight excluding hydrogens is 388 g/mol. The highest BCUT2D eigenvalue weighted by atomic mass is 16.7. The first-order chi connectivity index (χ1) is 14.5. The molecule has 3 aliphatic heterocycles. The van der Waals surface area contributed by atoms with E-state index in [1.165, 1.54) is 16.8 Å². The Morgan fingerprint density at radius 2 is 1.77 bits per heavy atom. The van der Waals surface area contributed by atoms with Gasteiger partial charge in [-0.05, 0) is 24.1 Å². The topological polar surface area (TPSA) is 82.6 Å². The van der Waals surface area contributed by atoms with Crippen LogP contribution in [-0.4, -0.2) is 91.7 Å². The second-order valence-electron chi connectivity index (χ2n) is 7.86. The van der Waals surface area contributed by atoms with Crippen LogP contribution in [0.3, 0.4) is 0 Å². The lowest BCUT2D eigenvalue weighted by Crippen LogP contribution is -2.50. The van der Waals surface area contributed by atoms with Gasteiger partial charge in [0, 0.05) is 57.9 Å². The minimum atomic E-state index is -0.738.